The molecule has 13 aromatic carbocycles. The maximum absolute atomic E-state index is 6.46. The lowest BCUT2D eigenvalue weighted by Gasteiger charge is -2.26. The molecule has 0 unspecified atom stereocenters. The van der Waals surface area contributed by atoms with Gasteiger partial charge in [0.25, 0.3) is 0 Å². The summed E-state index contributed by atoms with van der Waals surface area (Å²) in [5.41, 5.74) is 21.7. The van der Waals surface area contributed by atoms with Crippen LogP contribution in [0.15, 0.2) is 312 Å². The Morgan fingerprint density at radius 2 is 0.775 bits per heavy atom. The summed E-state index contributed by atoms with van der Waals surface area (Å²) < 4.78 is 18.0. The molecule has 1 aliphatic rings. The van der Waals surface area contributed by atoms with E-state index < -0.39 is 5.41 Å². The van der Waals surface area contributed by atoms with Gasteiger partial charge >= 0.3 is 0 Å². The number of hydrogen-bond donors (Lipinski definition) is 0. The van der Waals surface area contributed by atoms with Gasteiger partial charge in [0.2, 0.25) is 0 Å². The SMILES string of the molecule is CC1(C)c2cc3c4ccc(N(c5ccccc5)c5cccc(-c6cc7ccccc7o6)c5)cc4n(-c4ccccc4)c3cc2-c2c1c1c(c3ccccc23)c2ccc(N(c3ccccc3)c3cccc(-c4cc5ccccc5o4)c3)cc2n1-c1ccccc1. The van der Waals surface area contributed by atoms with Crippen LogP contribution in [0.3, 0.4) is 0 Å². The van der Waals surface area contributed by atoms with Crippen LogP contribution in [0.4, 0.5) is 34.1 Å². The van der Waals surface area contributed by atoms with Crippen LogP contribution in [0.2, 0.25) is 0 Å². The van der Waals surface area contributed by atoms with E-state index in [1.54, 1.807) is 0 Å². The molecule has 0 aliphatic heterocycles. The van der Waals surface area contributed by atoms with Crippen LogP contribution in [0.1, 0.15) is 25.0 Å². The van der Waals surface area contributed by atoms with E-state index >= 15 is 0 Å². The van der Waals surface area contributed by atoms with Crippen LogP contribution >= 0.6 is 0 Å². The summed E-state index contributed by atoms with van der Waals surface area (Å²) in [5.74, 6) is 1.68. The third kappa shape index (κ3) is 7.90. The Morgan fingerprint density at radius 1 is 0.326 bits per heavy atom. The highest BCUT2D eigenvalue weighted by Crippen LogP contribution is 2.58. The van der Waals surface area contributed by atoms with Gasteiger partial charge in [-0.3, -0.25) is 0 Å². The summed E-state index contributed by atoms with van der Waals surface area (Å²) in [5, 5.41) is 9.52. The summed E-state index contributed by atoms with van der Waals surface area (Å²) in [6, 6.07) is 110. The van der Waals surface area contributed by atoms with Crippen molar-refractivity contribution in [2.45, 2.75) is 19.3 Å². The van der Waals surface area contributed by atoms with E-state index in [0.29, 0.717) is 0 Å². The van der Waals surface area contributed by atoms with Gasteiger partial charge in [-0.2, -0.15) is 0 Å². The molecule has 0 saturated heterocycles. The van der Waals surface area contributed by atoms with E-state index in [-0.39, 0.29) is 0 Å². The molecule has 6 heteroatoms. The zero-order valence-electron chi connectivity index (χ0n) is 49.0. The van der Waals surface area contributed by atoms with E-state index in [9.17, 15) is 0 Å². The van der Waals surface area contributed by atoms with Crippen molar-refractivity contribution in [1.29, 1.82) is 0 Å². The zero-order chi connectivity index (χ0) is 58.9. The largest absolute Gasteiger partial charge is 0.456 e. The fourth-order valence-electron chi connectivity index (χ4n) is 14.6. The normalized spacial score (nSPS) is 12.7. The fourth-order valence-corrected chi connectivity index (χ4v) is 14.6. The number of nitrogens with zero attached hydrogens (tertiary/aromatic N) is 4. The standard InChI is InChI=1S/C83H56N4O2/c1-83(2)71-51-69-65-43-41-63(84(57-27-7-3-8-28-57)61-35-21-25-53(45-61)77-47-55-23-15-19-39-75(55)88-77)49-72(65)86(59-31-11-5-12-32-59)74(69)52-70(71)79-66-37-17-18-38-67(66)80-68-44-42-64(50-73(68)87(82(80)81(79)83)60-33-13-6-14-34-60)85(58-29-9-4-10-30-58)62-36-22-26-54(46-62)78-48-56-24-16-20-40-76(56)89-78/h3-52H,1-2H3. The smallest absolute Gasteiger partial charge is 0.135 e. The minimum atomic E-state index is -0.436. The predicted molar refractivity (Wildman–Crippen MR) is 370 cm³/mol. The number of anilines is 6. The summed E-state index contributed by atoms with van der Waals surface area (Å²) in [4.78, 5) is 4.74. The summed E-state index contributed by atoms with van der Waals surface area (Å²) in [7, 11) is 0. The van der Waals surface area contributed by atoms with Crippen molar-refractivity contribution in [3.05, 3.63) is 314 Å². The molecule has 89 heavy (non-hydrogen) atoms. The Balaban J connectivity index is 0.854. The van der Waals surface area contributed by atoms with Gasteiger partial charge in [-0.25, -0.2) is 0 Å². The highest BCUT2D eigenvalue weighted by Gasteiger charge is 2.41. The van der Waals surface area contributed by atoms with Crippen LogP contribution in [0, 0.1) is 0 Å². The first-order chi connectivity index (χ1) is 43.9. The van der Waals surface area contributed by atoms with Crippen LogP contribution in [-0.2, 0) is 5.41 Å². The number of para-hydroxylation sites is 6. The third-order valence-electron chi connectivity index (χ3n) is 18.6. The van der Waals surface area contributed by atoms with E-state index in [4.69, 9.17) is 8.83 Å². The molecule has 0 N–H and O–H groups in total. The van der Waals surface area contributed by atoms with Crippen molar-refractivity contribution in [2.75, 3.05) is 9.80 Å². The average Bonchev–Trinajstić information content (AvgIpc) is 1.53. The molecule has 6 nitrogen and oxygen atoms in total. The zero-order valence-corrected chi connectivity index (χ0v) is 49.0. The second-order valence-electron chi connectivity index (χ2n) is 24.0. The molecule has 4 heterocycles. The molecule has 1 aliphatic carbocycles. The maximum atomic E-state index is 6.46. The Hall–Kier alpha value is -11.6. The van der Waals surface area contributed by atoms with Crippen molar-refractivity contribution in [1.82, 2.24) is 9.13 Å². The molecule has 18 rings (SSSR count). The first kappa shape index (κ1) is 50.7. The summed E-state index contributed by atoms with van der Waals surface area (Å²) >= 11 is 0. The fraction of sp³-hybridized carbons (Fsp3) is 0.0361. The number of hydrogen-bond acceptors (Lipinski definition) is 4. The molecule has 0 saturated carbocycles. The molecule has 0 atom stereocenters. The van der Waals surface area contributed by atoms with E-state index in [1.165, 1.54) is 60.1 Å². The van der Waals surface area contributed by atoms with Gasteiger partial charge in [0, 0.05) is 94.4 Å². The average molecular weight is 1140 g/mol. The first-order valence-corrected chi connectivity index (χ1v) is 30.6. The minimum Gasteiger partial charge on any atom is -0.456 e. The molecular formula is C83H56N4O2. The second kappa shape index (κ2) is 19.7. The summed E-state index contributed by atoms with van der Waals surface area (Å²) in [6.07, 6.45) is 0. The maximum Gasteiger partial charge on any atom is 0.135 e. The first-order valence-electron chi connectivity index (χ1n) is 30.6. The lowest BCUT2D eigenvalue weighted by molar-refractivity contribution is 0.631. The summed E-state index contributed by atoms with van der Waals surface area (Å²) in [6.45, 7) is 4.90. The molecule has 0 fully saturated rings. The van der Waals surface area contributed by atoms with Gasteiger partial charge < -0.3 is 27.8 Å². The van der Waals surface area contributed by atoms with Crippen LogP contribution in [0.25, 0.3) is 121 Å². The number of fused-ring (bicyclic) bond motifs is 15. The van der Waals surface area contributed by atoms with Crippen LogP contribution in [-0.4, -0.2) is 9.13 Å². The molecule has 0 radical (unpaired) electrons. The van der Waals surface area contributed by atoms with E-state index in [1.807, 2.05) is 24.3 Å². The van der Waals surface area contributed by atoms with Crippen molar-refractivity contribution >= 4 is 110 Å². The van der Waals surface area contributed by atoms with Crippen molar-refractivity contribution in [3.8, 4) is 45.1 Å². The number of aromatic nitrogens is 2. The Morgan fingerprint density at radius 3 is 1.34 bits per heavy atom. The van der Waals surface area contributed by atoms with Gasteiger partial charge in [0.1, 0.15) is 22.7 Å². The number of furan rings is 2. The molecule has 0 bridgehead atoms. The van der Waals surface area contributed by atoms with Crippen molar-refractivity contribution in [2.24, 2.45) is 0 Å². The second-order valence-corrected chi connectivity index (χ2v) is 24.0. The van der Waals surface area contributed by atoms with E-state index in [0.717, 1.165) is 107 Å². The predicted octanol–water partition coefficient (Wildman–Crippen LogP) is 23.1. The van der Waals surface area contributed by atoms with Crippen LogP contribution < -0.4 is 9.80 Å². The Bertz CT molecular complexity index is 5590. The Kier molecular flexibility index (Phi) is 11.2. The van der Waals surface area contributed by atoms with Crippen molar-refractivity contribution < 1.29 is 8.83 Å². The van der Waals surface area contributed by atoms with Gasteiger partial charge in [-0.05, 0) is 166 Å². The quantitative estimate of drug-likeness (QED) is 0.137. The van der Waals surface area contributed by atoms with Gasteiger partial charge in [-0.15, -0.1) is 0 Å². The topological polar surface area (TPSA) is 42.6 Å². The Labute approximate surface area is 514 Å². The minimum absolute atomic E-state index is 0.436. The van der Waals surface area contributed by atoms with Gasteiger partial charge in [0.05, 0.1) is 22.1 Å². The molecule has 0 amide bonds. The molecule has 0 spiro atoms. The highest BCUT2D eigenvalue weighted by atomic mass is 16.3. The lowest BCUT2D eigenvalue weighted by Crippen LogP contribution is -2.16. The van der Waals surface area contributed by atoms with Gasteiger partial charge in [0.15, 0.2) is 0 Å². The number of benzene rings is 13. The molecule has 17 aromatic rings. The third-order valence-corrected chi connectivity index (χ3v) is 18.6. The lowest BCUT2D eigenvalue weighted by atomic mass is 9.80. The number of rotatable bonds is 10. The van der Waals surface area contributed by atoms with Crippen LogP contribution in [0.5, 0.6) is 0 Å². The highest BCUT2D eigenvalue weighted by molar-refractivity contribution is 6.28. The van der Waals surface area contributed by atoms with E-state index in [2.05, 4.69) is 312 Å². The molecule has 4 aromatic heterocycles. The molecular weight excluding hydrogens is 1080 g/mol. The van der Waals surface area contributed by atoms with Crippen molar-refractivity contribution in [3.63, 3.8) is 0 Å². The monoisotopic (exact) mass is 1140 g/mol. The molecule has 420 valence electrons. The van der Waals surface area contributed by atoms with Gasteiger partial charge in [-0.1, -0.05) is 184 Å².